The summed E-state index contributed by atoms with van der Waals surface area (Å²) in [5.74, 6) is -0.299. The van der Waals surface area contributed by atoms with Crippen molar-refractivity contribution < 1.29 is 4.79 Å². The molecule has 1 aliphatic heterocycles. The van der Waals surface area contributed by atoms with E-state index < -0.39 is 0 Å². The van der Waals surface area contributed by atoms with Crippen LogP contribution >= 0.6 is 0 Å². The Morgan fingerprint density at radius 2 is 1.94 bits per heavy atom. The predicted molar refractivity (Wildman–Crippen MR) is 119 cm³/mol. The van der Waals surface area contributed by atoms with Crippen molar-refractivity contribution in [2.45, 2.75) is 19.0 Å². The molecule has 2 aromatic carbocycles. The van der Waals surface area contributed by atoms with Gasteiger partial charge in [-0.3, -0.25) is 14.3 Å². The van der Waals surface area contributed by atoms with Crippen LogP contribution in [0.4, 0.5) is 11.4 Å². The summed E-state index contributed by atoms with van der Waals surface area (Å²) >= 11 is 0. The van der Waals surface area contributed by atoms with E-state index in [-0.39, 0.29) is 17.5 Å². The van der Waals surface area contributed by atoms with Gasteiger partial charge in [-0.15, -0.1) is 0 Å². The van der Waals surface area contributed by atoms with Gasteiger partial charge in [0.2, 0.25) is 0 Å². The van der Waals surface area contributed by atoms with E-state index in [0.29, 0.717) is 29.8 Å². The molecule has 0 fully saturated rings. The highest BCUT2D eigenvalue weighted by molar-refractivity contribution is 6.04. The number of hydrogen-bond donors (Lipinski definition) is 3. The van der Waals surface area contributed by atoms with Crippen LogP contribution in [0.25, 0.3) is 0 Å². The molecule has 1 atom stereocenters. The molecule has 31 heavy (non-hydrogen) atoms. The van der Waals surface area contributed by atoms with Crippen molar-refractivity contribution >= 4 is 17.3 Å². The summed E-state index contributed by atoms with van der Waals surface area (Å²) in [5.41, 5.74) is 4.64. The molecule has 1 amide bonds. The largest absolute Gasteiger partial charge is 0.377 e. The number of rotatable bonds is 5. The van der Waals surface area contributed by atoms with E-state index in [0.717, 1.165) is 16.8 Å². The van der Waals surface area contributed by atoms with Crippen LogP contribution in [0.15, 0.2) is 84.0 Å². The lowest BCUT2D eigenvalue weighted by Gasteiger charge is -2.12. The molecule has 1 unspecified atom stereocenters. The molecule has 0 bridgehead atoms. The number of amides is 1. The molecule has 7 heteroatoms. The number of fused-ring (bicyclic) bond motifs is 1. The smallest absolute Gasteiger partial charge is 0.257 e. The van der Waals surface area contributed by atoms with E-state index >= 15 is 0 Å². The molecule has 5 rings (SSSR count). The van der Waals surface area contributed by atoms with Gasteiger partial charge in [0.25, 0.3) is 11.5 Å². The maximum Gasteiger partial charge on any atom is 0.257 e. The van der Waals surface area contributed by atoms with Crippen molar-refractivity contribution in [2.24, 2.45) is 0 Å². The quantitative estimate of drug-likeness (QED) is 0.468. The van der Waals surface area contributed by atoms with Gasteiger partial charge >= 0.3 is 0 Å². The molecule has 0 radical (unpaired) electrons. The third-order valence-electron chi connectivity index (χ3n) is 5.42. The van der Waals surface area contributed by atoms with Gasteiger partial charge in [0.1, 0.15) is 0 Å². The summed E-state index contributed by atoms with van der Waals surface area (Å²) in [6.45, 7) is 0.618. The lowest BCUT2D eigenvalue weighted by atomic mass is 10.0. The van der Waals surface area contributed by atoms with Crippen molar-refractivity contribution in [1.82, 2.24) is 14.8 Å². The number of benzene rings is 2. The number of H-pyrrole nitrogens is 1. The standard InChI is InChI=1S/C24H21N5O2/c30-23(27-19-13-26-29(15-19)14-16-6-2-1-3-7-16)18-10-20(24(31)25-12-18)22-11-17-8-4-5-9-21(17)28-22/h1-10,12-13,15,22,28H,11,14H2,(H,25,31)(H,27,30). The van der Waals surface area contributed by atoms with Crippen molar-refractivity contribution in [2.75, 3.05) is 10.6 Å². The van der Waals surface area contributed by atoms with E-state index in [4.69, 9.17) is 0 Å². The Morgan fingerprint density at radius 1 is 1.13 bits per heavy atom. The van der Waals surface area contributed by atoms with Crippen molar-refractivity contribution in [1.29, 1.82) is 0 Å². The summed E-state index contributed by atoms with van der Waals surface area (Å²) in [5, 5.41) is 10.5. The van der Waals surface area contributed by atoms with Gasteiger partial charge in [-0.05, 0) is 29.7 Å². The minimum Gasteiger partial charge on any atom is -0.377 e. The van der Waals surface area contributed by atoms with Crippen molar-refractivity contribution in [3.05, 3.63) is 112 Å². The summed E-state index contributed by atoms with van der Waals surface area (Å²) in [7, 11) is 0. The zero-order valence-electron chi connectivity index (χ0n) is 16.7. The normalized spacial score (nSPS) is 14.6. The molecule has 154 valence electrons. The fourth-order valence-electron chi connectivity index (χ4n) is 3.87. The van der Waals surface area contributed by atoms with Gasteiger partial charge in [0, 0.05) is 23.6 Å². The fourth-order valence-corrected chi connectivity index (χ4v) is 3.87. The second-order valence-electron chi connectivity index (χ2n) is 7.60. The molecule has 1 aliphatic rings. The molecule has 2 aromatic heterocycles. The van der Waals surface area contributed by atoms with Crippen LogP contribution in [0, 0.1) is 0 Å². The lowest BCUT2D eigenvalue weighted by molar-refractivity contribution is 0.102. The summed E-state index contributed by atoms with van der Waals surface area (Å²) in [6, 6.07) is 19.4. The fraction of sp³-hybridized carbons (Fsp3) is 0.125. The lowest BCUT2D eigenvalue weighted by Crippen LogP contribution is -2.22. The number of nitrogens with one attached hydrogen (secondary N) is 3. The number of nitrogens with zero attached hydrogens (tertiary/aromatic N) is 2. The van der Waals surface area contributed by atoms with Crippen molar-refractivity contribution in [3.8, 4) is 0 Å². The first-order chi connectivity index (χ1) is 15.2. The SMILES string of the molecule is O=C(Nc1cnn(Cc2ccccc2)c1)c1c[nH]c(=O)c(C2Cc3ccccc3N2)c1. The first-order valence-electron chi connectivity index (χ1n) is 10.1. The van der Waals surface area contributed by atoms with Gasteiger partial charge in [-0.1, -0.05) is 48.5 Å². The van der Waals surface area contributed by atoms with Crippen LogP contribution in [-0.2, 0) is 13.0 Å². The van der Waals surface area contributed by atoms with Crippen LogP contribution in [0.2, 0.25) is 0 Å². The topological polar surface area (TPSA) is 91.8 Å². The third kappa shape index (κ3) is 3.98. The number of aromatic amines is 1. The first-order valence-corrected chi connectivity index (χ1v) is 10.1. The molecular formula is C24H21N5O2. The number of anilines is 2. The molecule has 7 nitrogen and oxygen atoms in total. The van der Waals surface area contributed by atoms with E-state index in [2.05, 4.69) is 20.7 Å². The van der Waals surface area contributed by atoms with Gasteiger partial charge in [0.05, 0.1) is 30.0 Å². The second-order valence-corrected chi connectivity index (χ2v) is 7.60. The Balaban J connectivity index is 1.30. The van der Waals surface area contributed by atoms with E-state index in [1.807, 2.05) is 54.6 Å². The highest BCUT2D eigenvalue weighted by Crippen LogP contribution is 2.32. The number of carbonyl (C=O) groups is 1. The van der Waals surface area contributed by atoms with Crippen LogP contribution in [0.3, 0.4) is 0 Å². The monoisotopic (exact) mass is 411 g/mol. The Morgan fingerprint density at radius 3 is 2.77 bits per heavy atom. The Hall–Kier alpha value is -4.13. The maximum absolute atomic E-state index is 12.8. The summed E-state index contributed by atoms with van der Waals surface area (Å²) < 4.78 is 1.77. The maximum atomic E-state index is 12.8. The number of pyridine rings is 1. The molecule has 4 aromatic rings. The zero-order valence-corrected chi connectivity index (χ0v) is 16.7. The molecule has 3 N–H and O–H groups in total. The van der Waals surface area contributed by atoms with Gasteiger partial charge < -0.3 is 15.6 Å². The summed E-state index contributed by atoms with van der Waals surface area (Å²) in [6.07, 6.45) is 5.55. The van der Waals surface area contributed by atoms with Gasteiger partial charge in [-0.2, -0.15) is 5.10 Å². The average Bonchev–Trinajstić information content (AvgIpc) is 3.41. The molecule has 0 spiro atoms. The van der Waals surface area contributed by atoms with Gasteiger partial charge in [-0.25, -0.2) is 0 Å². The molecule has 0 saturated heterocycles. The highest BCUT2D eigenvalue weighted by atomic mass is 16.2. The van der Waals surface area contributed by atoms with E-state index in [9.17, 15) is 9.59 Å². The number of aromatic nitrogens is 3. The van der Waals surface area contributed by atoms with Crippen LogP contribution < -0.4 is 16.2 Å². The second kappa shape index (κ2) is 7.95. The average molecular weight is 411 g/mol. The first kappa shape index (κ1) is 18.9. The number of hydrogen-bond acceptors (Lipinski definition) is 4. The van der Waals surface area contributed by atoms with Crippen LogP contribution in [0.1, 0.15) is 33.1 Å². The Labute approximate surface area is 178 Å². The van der Waals surface area contributed by atoms with Crippen molar-refractivity contribution in [3.63, 3.8) is 0 Å². The van der Waals surface area contributed by atoms with Crippen LogP contribution in [0.5, 0.6) is 0 Å². The molecule has 3 heterocycles. The zero-order chi connectivity index (χ0) is 21.2. The van der Waals surface area contributed by atoms with E-state index in [1.54, 1.807) is 23.1 Å². The number of para-hydroxylation sites is 1. The number of carbonyl (C=O) groups excluding carboxylic acids is 1. The van der Waals surface area contributed by atoms with Crippen LogP contribution in [-0.4, -0.2) is 20.7 Å². The Kier molecular flexibility index (Phi) is 4.84. The minimum absolute atomic E-state index is 0.164. The predicted octanol–water partition coefficient (Wildman–Crippen LogP) is 3.58. The highest BCUT2D eigenvalue weighted by Gasteiger charge is 2.24. The van der Waals surface area contributed by atoms with Gasteiger partial charge in [0.15, 0.2) is 0 Å². The van der Waals surface area contributed by atoms with E-state index in [1.165, 1.54) is 6.20 Å². The minimum atomic E-state index is -0.299. The molecule has 0 aliphatic carbocycles. The Bertz CT molecular complexity index is 1270. The molecular weight excluding hydrogens is 390 g/mol. The molecule has 0 saturated carbocycles. The third-order valence-corrected chi connectivity index (χ3v) is 5.42. The summed E-state index contributed by atoms with van der Waals surface area (Å²) in [4.78, 5) is 27.9.